The molecule has 0 fully saturated rings. The van der Waals surface area contributed by atoms with Crippen LogP contribution < -0.4 is 4.74 Å². The van der Waals surface area contributed by atoms with Gasteiger partial charge in [0, 0.05) is 11.0 Å². The molecule has 0 spiro atoms. The first-order valence-electron chi connectivity index (χ1n) is 13.1. The minimum absolute atomic E-state index is 0.0574. The highest BCUT2D eigenvalue weighted by molar-refractivity contribution is 5.81. The van der Waals surface area contributed by atoms with Crippen LogP contribution in [0.1, 0.15) is 36.1 Å². The van der Waals surface area contributed by atoms with Gasteiger partial charge in [-0.1, -0.05) is 117 Å². The zero-order valence-corrected chi connectivity index (χ0v) is 21.8. The van der Waals surface area contributed by atoms with E-state index in [0.29, 0.717) is 0 Å². The molecule has 0 atom stereocenters. The summed E-state index contributed by atoms with van der Waals surface area (Å²) in [4.78, 5) is 0. The molecule has 0 radical (unpaired) electrons. The van der Waals surface area contributed by atoms with Gasteiger partial charge in [-0.3, -0.25) is 0 Å². The molecule has 0 bridgehead atoms. The maximum atomic E-state index is 5.58. The second-order valence-corrected chi connectivity index (χ2v) is 10.5. The Balaban J connectivity index is 1.19. The smallest absolute Gasteiger partial charge is 0.126 e. The molecule has 0 N–H and O–H groups in total. The Hall–Kier alpha value is -4.10. The van der Waals surface area contributed by atoms with Gasteiger partial charge in [0.15, 0.2) is 0 Å². The standard InChI is InChI=1S/C36H32O/c1-36(2)33-13-6-4-12-31(33)32-22-19-26(23-34(32)36)16-15-25-17-20-27(21-18-25)28-9-8-10-29(24-28)30-11-5-7-14-35(30)37-3/h4-14,17-24H,15-16H2,1-3H3. The van der Waals surface area contributed by atoms with Crippen LogP contribution in [0.5, 0.6) is 5.75 Å². The molecular weight excluding hydrogens is 448 g/mol. The van der Waals surface area contributed by atoms with E-state index in [0.717, 1.165) is 24.2 Å². The van der Waals surface area contributed by atoms with E-state index in [4.69, 9.17) is 4.74 Å². The molecule has 0 unspecified atom stereocenters. The average Bonchev–Trinajstić information content (AvgIpc) is 3.18. The first kappa shape index (κ1) is 23.3. The first-order chi connectivity index (χ1) is 18.0. The van der Waals surface area contributed by atoms with Crippen LogP contribution in [-0.4, -0.2) is 7.11 Å². The van der Waals surface area contributed by atoms with Crippen molar-refractivity contribution in [1.82, 2.24) is 0 Å². The highest BCUT2D eigenvalue weighted by atomic mass is 16.5. The van der Waals surface area contributed by atoms with Gasteiger partial charge in [0.1, 0.15) is 5.75 Å². The number of rotatable bonds is 6. The molecule has 0 saturated carbocycles. The maximum absolute atomic E-state index is 5.58. The molecule has 0 amide bonds. The van der Waals surface area contributed by atoms with Crippen LogP contribution in [0.4, 0.5) is 0 Å². The lowest BCUT2D eigenvalue weighted by molar-refractivity contribution is 0.416. The molecule has 182 valence electrons. The lowest BCUT2D eigenvalue weighted by atomic mass is 9.82. The number of fused-ring (bicyclic) bond motifs is 3. The van der Waals surface area contributed by atoms with Crippen molar-refractivity contribution in [3.63, 3.8) is 0 Å². The number of methoxy groups -OCH3 is 1. The number of aryl methyl sites for hydroxylation is 2. The van der Waals surface area contributed by atoms with Gasteiger partial charge >= 0.3 is 0 Å². The Morgan fingerprint density at radius 2 is 1.16 bits per heavy atom. The van der Waals surface area contributed by atoms with Crippen molar-refractivity contribution in [3.05, 3.63) is 138 Å². The molecule has 0 aliphatic heterocycles. The lowest BCUT2D eigenvalue weighted by Crippen LogP contribution is -2.15. The van der Waals surface area contributed by atoms with Gasteiger partial charge in [0.05, 0.1) is 7.11 Å². The van der Waals surface area contributed by atoms with Crippen LogP contribution in [0, 0.1) is 0 Å². The highest BCUT2D eigenvalue weighted by Crippen LogP contribution is 2.48. The van der Waals surface area contributed by atoms with E-state index in [1.54, 1.807) is 7.11 Å². The van der Waals surface area contributed by atoms with Crippen molar-refractivity contribution >= 4 is 0 Å². The summed E-state index contributed by atoms with van der Waals surface area (Å²) in [5.41, 5.74) is 13.2. The SMILES string of the molecule is COc1ccccc1-c1cccc(-c2ccc(CCc3ccc4c(c3)C(C)(C)c3ccccc3-4)cc2)c1. The van der Waals surface area contributed by atoms with Gasteiger partial charge < -0.3 is 4.74 Å². The van der Waals surface area contributed by atoms with E-state index >= 15 is 0 Å². The number of hydrogen-bond donors (Lipinski definition) is 0. The van der Waals surface area contributed by atoms with Crippen molar-refractivity contribution < 1.29 is 4.74 Å². The van der Waals surface area contributed by atoms with Crippen LogP contribution in [-0.2, 0) is 18.3 Å². The van der Waals surface area contributed by atoms with Gasteiger partial charge in [0.2, 0.25) is 0 Å². The normalized spacial score (nSPS) is 13.2. The minimum atomic E-state index is 0.0574. The van der Waals surface area contributed by atoms with Crippen molar-refractivity contribution in [3.8, 4) is 39.1 Å². The Bertz CT molecular complexity index is 1570. The van der Waals surface area contributed by atoms with E-state index in [2.05, 4.69) is 117 Å². The number of ether oxygens (including phenoxy) is 1. The minimum Gasteiger partial charge on any atom is -0.496 e. The van der Waals surface area contributed by atoms with Crippen molar-refractivity contribution in [2.24, 2.45) is 0 Å². The molecule has 1 aliphatic carbocycles. The maximum Gasteiger partial charge on any atom is 0.126 e. The van der Waals surface area contributed by atoms with Gasteiger partial charge in [0.25, 0.3) is 0 Å². The fourth-order valence-electron chi connectivity index (χ4n) is 5.81. The van der Waals surface area contributed by atoms with Gasteiger partial charge in [-0.05, 0) is 75.0 Å². The van der Waals surface area contributed by atoms with Gasteiger partial charge in [-0.2, -0.15) is 0 Å². The van der Waals surface area contributed by atoms with Crippen LogP contribution in [0.15, 0.2) is 115 Å². The predicted octanol–water partition coefficient (Wildman–Crippen LogP) is 9.12. The van der Waals surface area contributed by atoms with Crippen molar-refractivity contribution in [2.75, 3.05) is 7.11 Å². The third-order valence-electron chi connectivity index (χ3n) is 7.92. The number of benzene rings is 5. The fraction of sp³-hybridized carbons (Fsp3) is 0.167. The molecule has 5 aromatic rings. The monoisotopic (exact) mass is 480 g/mol. The molecule has 1 heteroatoms. The summed E-state index contributed by atoms with van der Waals surface area (Å²) in [6.45, 7) is 4.70. The summed E-state index contributed by atoms with van der Waals surface area (Å²) in [7, 11) is 1.73. The second-order valence-electron chi connectivity index (χ2n) is 10.5. The molecule has 37 heavy (non-hydrogen) atoms. The zero-order chi connectivity index (χ0) is 25.4. The van der Waals surface area contributed by atoms with Gasteiger partial charge in [-0.25, -0.2) is 0 Å². The van der Waals surface area contributed by atoms with E-state index in [1.807, 2.05) is 12.1 Å². The van der Waals surface area contributed by atoms with Crippen molar-refractivity contribution in [2.45, 2.75) is 32.1 Å². The van der Waals surface area contributed by atoms with E-state index in [-0.39, 0.29) is 5.41 Å². The van der Waals surface area contributed by atoms with Crippen LogP contribution >= 0.6 is 0 Å². The Kier molecular flexibility index (Phi) is 5.93. The third-order valence-corrected chi connectivity index (χ3v) is 7.92. The summed E-state index contributed by atoms with van der Waals surface area (Å²) in [6, 6.07) is 41.9. The summed E-state index contributed by atoms with van der Waals surface area (Å²) >= 11 is 0. The average molecular weight is 481 g/mol. The summed E-state index contributed by atoms with van der Waals surface area (Å²) in [6.07, 6.45) is 2.08. The second kappa shape index (κ2) is 9.41. The highest BCUT2D eigenvalue weighted by Gasteiger charge is 2.34. The topological polar surface area (TPSA) is 9.23 Å². The molecule has 0 saturated heterocycles. The lowest BCUT2D eigenvalue weighted by Gasteiger charge is -2.22. The van der Waals surface area contributed by atoms with E-state index in [9.17, 15) is 0 Å². The molecule has 0 aromatic heterocycles. The summed E-state index contributed by atoms with van der Waals surface area (Å²) in [5.74, 6) is 0.897. The zero-order valence-electron chi connectivity index (χ0n) is 21.8. The quantitative estimate of drug-likeness (QED) is 0.235. The third kappa shape index (κ3) is 4.25. The van der Waals surface area contributed by atoms with E-state index in [1.165, 1.54) is 50.1 Å². The summed E-state index contributed by atoms with van der Waals surface area (Å²) in [5, 5.41) is 0. The molecule has 5 aromatic carbocycles. The van der Waals surface area contributed by atoms with Crippen molar-refractivity contribution in [1.29, 1.82) is 0 Å². The predicted molar refractivity (Wildman–Crippen MR) is 155 cm³/mol. The fourth-order valence-corrected chi connectivity index (χ4v) is 5.81. The molecule has 1 aliphatic rings. The number of para-hydroxylation sites is 1. The van der Waals surface area contributed by atoms with Gasteiger partial charge in [-0.15, -0.1) is 0 Å². The Morgan fingerprint density at radius 1 is 0.514 bits per heavy atom. The Morgan fingerprint density at radius 3 is 1.97 bits per heavy atom. The first-order valence-corrected chi connectivity index (χ1v) is 13.1. The molecule has 6 rings (SSSR count). The Labute approximate surface area is 220 Å². The molecule has 1 nitrogen and oxygen atoms in total. The largest absolute Gasteiger partial charge is 0.496 e. The van der Waals surface area contributed by atoms with Crippen LogP contribution in [0.3, 0.4) is 0 Å². The summed E-state index contributed by atoms with van der Waals surface area (Å²) < 4.78 is 5.58. The van der Waals surface area contributed by atoms with E-state index < -0.39 is 0 Å². The van der Waals surface area contributed by atoms with Crippen LogP contribution in [0.2, 0.25) is 0 Å². The molecule has 0 heterocycles. The number of hydrogen-bond acceptors (Lipinski definition) is 1. The molecular formula is C36H32O. The van der Waals surface area contributed by atoms with Crippen LogP contribution in [0.25, 0.3) is 33.4 Å².